The Labute approximate surface area is 151 Å². The Bertz CT molecular complexity index is 633. The van der Waals surface area contributed by atoms with Crippen molar-refractivity contribution in [3.05, 3.63) is 11.1 Å². The maximum Gasteiger partial charge on any atom is 0.158 e. The van der Waals surface area contributed by atoms with E-state index in [1.54, 1.807) is 0 Å². The van der Waals surface area contributed by atoms with Crippen molar-refractivity contribution >= 4 is 5.78 Å². The van der Waals surface area contributed by atoms with Gasteiger partial charge in [0.25, 0.3) is 0 Å². The molecule has 0 aliphatic heterocycles. The van der Waals surface area contributed by atoms with Crippen molar-refractivity contribution in [1.82, 2.24) is 0 Å². The lowest BCUT2D eigenvalue weighted by molar-refractivity contribution is -0.135. The van der Waals surface area contributed by atoms with Crippen LogP contribution in [0.5, 0.6) is 0 Å². The van der Waals surface area contributed by atoms with Gasteiger partial charge >= 0.3 is 0 Å². The van der Waals surface area contributed by atoms with Crippen molar-refractivity contribution < 1.29 is 15.0 Å². The summed E-state index contributed by atoms with van der Waals surface area (Å²) in [4.78, 5) is 12.4. The van der Waals surface area contributed by atoms with Crippen LogP contribution in [0.15, 0.2) is 11.1 Å². The molecule has 3 fully saturated rings. The number of fused-ring (bicyclic) bond motifs is 5. The lowest BCUT2D eigenvalue weighted by atomic mass is 9.44. The molecule has 0 radical (unpaired) electrons. The van der Waals surface area contributed by atoms with E-state index < -0.39 is 5.60 Å². The zero-order valence-corrected chi connectivity index (χ0v) is 16.3. The van der Waals surface area contributed by atoms with Gasteiger partial charge in [-0.05, 0) is 87.0 Å². The third-order valence-corrected chi connectivity index (χ3v) is 9.27. The largest absolute Gasteiger partial charge is 0.395 e. The summed E-state index contributed by atoms with van der Waals surface area (Å²) in [5.41, 5.74) is 1.48. The molecule has 0 aromatic carbocycles. The average molecular weight is 347 g/mol. The van der Waals surface area contributed by atoms with Crippen LogP contribution < -0.4 is 0 Å². The molecule has 3 heteroatoms. The van der Waals surface area contributed by atoms with Gasteiger partial charge in [-0.25, -0.2) is 0 Å². The van der Waals surface area contributed by atoms with Gasteiger partial charge in [0.1, 0.15) is 0 Å². The van der Waals surface area contributed by atoms with Crippen LogP contribution in [0, 0.1) is 34.5 Å². The fourth-order valence-electron chi connectivity index (χ4n) is 7.78. The molecule has 4 rings (SSSR count). The van der Waals surface area contributed by atoms with Crippen LogP contribution in [0.3, 0.4) is 0 Å². The van der Waals surface area contributed by atoms with Crippen molar-refractivity contribution in [2.75, 3.05) is 6.61 Å². The monoisotopic (exact) mass is 346 g/mol. The average Bonchev–Trinajstić information content (AvgIpc) is 2.81. The molecule has 0 heterocycles. The van der Waals surface area contributed by atoms with E-state index in [1.165, 1.54) is 5.57 Å². The quantitative estimate of drug-likeness (QED) is 0.757. The van der Waals surface area contributed by atoms with Gasteiger partial charge in [-0.2, -0.15) is 0 Å². The molecule has 25 heavy (non-hydrogen) atoms. The third-order valence-electron chi connectivity index (χ3n) is 9.27. The molecule has 0 bridgehead atoms. The Morgan fingerprint density at radius 2 is 1.80 bits per heavy atom. The van der Waals surface area contributed by atoms with Gasteiger partial charge in [-0.3, -0.25) is 4.79 Å². The van der Waals surface area contributed by atoms with Gasteiger partial charge in [-0.15, -0.1) is 0 Å². The Morgan fingerprint density at radius 3 is 2.48 bits per heavy atom. The molecule has 0 aromatic rings. The summed E-state index contributed by atoms with van der Waals surface area (Å²) in [7, 11) is 0. The number of rotatable bonds is 1. The highest BCUT2D eigenvalue weighted by Crippen LogP contribution is 2.68. The van der Waals surface area contributed by atoms with Crippen molar-refractivity contribution in [3.8, 4) is 0 Å². The summed E-state index contributed by atoms with van der Waals surface area (Å²) in [6.45, 7) is 8.77. The zero-order chi connectivity index (χ0) is 18.2. The van der Waals surface area contributed by atoms with E-state index in [1.807, 2.05) is 13.8 Å². The second kappa shape index (κ2) is 5.42. The van der Waals surface area contributed by atoms with Crippen molar-refractivity contribution in [3.63, 3.8) is 0 Å². The topological polar surface area (TPSA) is 57.5 Å². The lowest BCUT2D eigenvalue weighted by Gasteiger charge is -2.61. The summed E-state index contributed by atoms with van der Waals surface area (Å²) in [5.74, 6) is 2.24. The summed E-state index contributed by atoms with van der Waals surface area (Å²) >= 11 is 0. The predicted octanol–water partition coefficient (Wildman–Crippen LogP) is 3.88. The molecule has 0 saturated heterocycles. The fourth-order valence-corrected chi connectivity index (χ4v) is 7.78. The molecule has 3 nitrogen and oxygen atoms in total. The van der Waals surface area contributed by atoms with Crippen LogP contribution in [-0.4, -0.2) is 28.2 Å². The minimum absolute atomic E-state index is 0.00524. The predicted molar refractivity (Wildman–Crippen MR) is 97.9 cm³/mol. The van der Waals surface area contributed by atoms with Gasteiger partial charge in [0.05, 0.1) is 12.2 Å². The van der Waals surface area contributed by atoms with E-state index in [-0.39, 0.29) is 23.2 Å². The highest BCUT2D eigenvalue weighted by Gasteiger charge is 2.64. The minimum atomic E-state index is -0.563. The normalized spacial score (nSPS) is 52.6. The lowest BCUT2D eigenvalue weighted by Crippen LogP contribution is -2.57. The van der Waals surface area contributed by atoms with Crippen LogP contribution in [0.1, 0.15) is 72.6 Å². The number of aliphatic hydroxyl groups excluding tert-OH is 1. The molecule has 0 aromatic heterocycles. The first-order valence-electron chi connectivity index (χ1n) is 10.3. The molecule has 0 amide bonds. The summed E-state index contributed by atoms with van der Waals surface area (Å²) < 4.78 is 0. The molecule has 140 valence electrons. The number of Topliss-reactive ketones (excluding diaryl/α,β-unsaturated/α-hetero) is 1. The molecule has 4 aliphatic carbocycles. The fraction of sp³-hybridized carbons (Fsp3) is 0.864. The number of carbonyl (C=O) groups is 1. The highest BCUT2D eigenvalue weighted by molar-refractivity contribution is 5.97. The maximum atomic E-state index is 12.4. The van der Waals surface area contributed by atoms with Gasteiger partial charge in [-0.1, -0.05) is 19.4 Å². The Hall–Kier alpha value is -0.670. The Balaban J connectivity index is 1.79. The van der Waals surface area contributed by atoms with E-state index in [0.29, 0.717) is 30.1 Å². The van der Waals surface area contributed by atoms with E-state index in [2.05, 4.69) is 13.8 Å². The molecule has 2 N–H and O–H groups in total. The molecule has 4 aliphatic rings. The number of ketones is 1. The van der Waals surface area contributed by atoms with Gasteiger partial charge in [0.15, 0.2) is 5.78 Å². The van der Waals surface area contributed by atoms with Crippen LogP contribution >= 0.6 is 0 Å². The number of carbonyl (C=O) groups excluding carboxylic acids is 1. The van der Waals surface area contributed by atoms with E-state index in [0.717, 1.165) is 44.1 Å². The van der Waals surface area contributed by atoms with Crippen molar-refractivity contribution in [2.45, 2.75) is 78.2 Å². The molecule has 0 spiro atoms. The van der Waals surface area contributed by atoms with Crippen LogP contribution in [0.25, 0.3) is 0 Å². The third kappa shape index (κ3) is 2.09. The van der Waals surface area contributed by atoms with Gasteiger partial charge in [0, 0.05) is 11.8 Å². The maximum absolute atomic E-state index is 12.4. The van der Waals surface area contributed by atoms with E-state index in [9.17, 15) is 15.0 Å². The van der Waals surface area contributed by atoms with Crippen LogP contribution in [0.4, 0.5) is 0 Å². The number of hydrogen-bond acceptors (Lipinski definition) is 3. The summed E-state index contributed by atoms with van der Waals surface area (Å²) in [5, 5.41) is 21.6. The van der Waals surface area contributed by atoms with Gasteiger partial charge < -0.3 is 10.2 Å². The van der Waals surface area contributed by atoms with Crippen molar-refractivity contribution in [1.29, 1.82) is 0 Å². The van der Waals surface area contributed by atoms with Crippen LogP contribution in [-0.2, 0) is 4.79 Å². The second-order valence-electron chi connectivity index (χ2n) is 10.1. The second-order valence-corrected chi connectivity index (χ2v) is 10.1. The van der Waals surface area contributed by atoms with Crippen molar-refractivity contribution in [2.24, 2.45) is 34.5 Å². The Kier molecular flexibility index (Phi) is 3.84. The standard InChI is InChI=1S/C22H34O3/c1-13-11-15-16-6-9-21(4,25)20(16,3)8-5-17(15)22(12-23)10-7-18(24)14(2)19(13)22/h13,15-17,23,25H,5-12H2,1-4H3/t13?,15-,16-,17+,20-,21?,22-/m0/s1. The van der Waals surface area contributed by atoms with Gasteiger partial charge in [0.2, 0.25) is 0 Å². The first-order chi connectivity index (χ1) is 11.7. The minimum Gasteiger partial charge on any atom is -0.395 e. The molecular formula is C22H34O3. The first kappa shape index (κ1) is 17.7. The van der Waals surface area contributed by atoms with E-state index in [4.69, 9.17) is 0 Å². The molecule has 2 unspecified atom stereocenters. The molecule has 3 saturated carbocycles. The summed E-state index contributed by atoms with van der Waals surface area (Å²) in [6.07, 6.45) is 6.65. The number of aliphatic hydroxyl groups is 2. The molecule has 7 atom stereocenters. The smallest absolute Gasteiger partial charge is 0.158 e. The van der Waals surface area contributed by atoms with E-state index >= 15 is 0 Å². The SMILES string of the molecule is CC1=C2C(C)C[C@@H]3[C@@H](CC[C@@]4(C)[C@H]3CCC4(C)O)[C@@]2(CO)CCC1=O. The Morgan fingerprint density at radius 1 is 1.12 bits per heavy atom. The first-order valence-corrected chi connectivity index (χ1v) is 10.3. The zero-order valence-electron chi connectivity index (χ0n) is 16.3. The van der Waals surface area contributed by atoms with Crippen LogP contribution in [0.2, 0.25) is 0 Å². The highest BCUT2D eigenvalue weighted by atomic mass is 16.3. The molecular weight excluding hydrogens is 312 g/mol. The summed E-state index contributed by atoms with van der Waals surface area (Å²) in [6, 6.07) is 0. The number of hydrogen-bond donors (Lipinski definition) is 2.